The highest BCUT2D eigenvalue weighted by molar-refractivity contribution is 5.54. The molecule has 0 unspecified atom stereocenters. The van der Waals surface area contributed by atoms with Crippen LogP contribution < -0.4 is 14.8 Å². The Morgan fingerprint density at radius 3 is 2.39 bits per heavy atom. The van der Waals surface area contributed by atoms with E-state index >= 15 is 0 Å². The molecule has 0 bridgehead atoms. The molecular weight excluding hydrogens is 316 g/mol. The second-order valence-corrected chi connectivity index (χ2v) is 4.41. The van der Waals surface area contributed by atoms with E-state index in [0.717, 1.165) is 0 Å². The van der Waals surface area contributed by atoms with Crippen LogP contribution in [0, 0.1) is 0 Å². The number of rotatable bonds is 7. The molecule has 1 N–H and O–H groups in total. The fourth-order valence-corrected chi connectivity index (χ4v) is 1.98. The van der Waals surface area contributed by atoms with E-state index in [0.29, 0.717) is 5.69 Å². The summed E-state index contributed by atoms with van der Waals surface area (Å²) < 4.78 is 59.9. The van der Waals surface area contributed by atoms with Gasteiger partial charge in [-0.25, -0.2) is 8.78 Å². The molecule has 0 saturated carbocycles. The minimum Gasteiger partial charge on any atom is -0.473 e. The van der Waals surface area contributed by atoms with Crippen LogP contribution in [0.5, 0.6) is 11.8 Å². The highest BCUT2D eigenvalue weighted by Crippen LogP contribution is 2.29. The Morgan fingerprint density at radius 1 is 1.04 bits per heavy atom. The summed E-state index contributed by atoms with van der Waals surface area (Å²) in [5.74, 6) is -0.317. The number of hydrogen-bond donors (Lipinski definition) is 1. The largest absolute Gasteiger partial charge is 0.473 e. The lowest BCUT2D eigenvalue weighted by Crippen LogP contribution is -2.07. The molecule has 1 heterocycles. The molecule has 0 aliphatic carbocycles. The third-order valence-electron chi connectivity index (χ3n) is 2.99. The maximum Gasteiger partial charge on any atom is 0.388 e. The third kappa shape index (κ3) is 4.48. The minimum absolute atomic E-state index is 0.00530. The highest BCUT2D eigenvalue weighted by atomic mass is 19.3. The van der Waals surface area contributed by atoms with E-state index in [9.17, 15) is 17.6 Å². The van der Waals surface area contributed by atoms with E-state index in [2.05, 4.69) is 15.0 Å². The zero-order valence-electron chi connectivity index (χ0n) is 12.1. The van der Waals surface area contributed by atoms with Gasteiger partial charge in [0.15, 0.2) is 0 Å². The van der Waals surface area contributed by atoms with Crippen LogP contribution in [0.1, 0.15) is 17.6 Å². The van der Waals surface area contributed by atoms with E-state index in [4.69, 9.17) is 4.74 Å². The third-order valence-corrected chi connectivity index (χ3v) is 2.99. The Hall–Kier alpha value is -2.51. The van der Waals surface area contributed by atoms with Crippen molar-refractivity contribution in [1.29, 1.82) is 0 Å². The monoisotopic (exact) mass is 330 g/mol. The summed E-state index contributed by atoms with van der Waals surface area (Å²) in [7, 11) is 1.60. The van der Waals surface area contributed by atoms with Crippen LogP contribution in [0.2, 0.25) is 0 Å². The van der Waals surface area contributed by atoms with E-state index in [1.807, 2.05) is 0 Å². The van der Waals surface area contributed by atoms with Gasteiger partial charge in [-0.2, -0.15) is 13.8 Å². The van der Waals surface area contributed by atoms with Crippen molar-refractivity contribution in [2.75, 3.05) is 12.4 Å². The lowest BCUT2D eigenvalue weighted by atomic mass is 10.1. The summed E-state index contributed by atoms with van der Waals surface area (Å²) in [4.78, 5) is 3.73. The van der Waals surface area contributed by atoms with Crippen molar-refractivity contribution in [3.05, 3.63) is 47.5 Å². The number of anilines is 1. The number of aromatic nitrogens is 1. The van der Waals surface area contributed by atoms with Gasteiger partial charge >= 0.3 is 6.61 Å². The number of nitrogens with zero attached hydrogens (tertiary/aromatic N) is 1. The van der Waals surface area contributed by atoms with Crippen molar-refractivity contribution in [2.45, 2.75) is 19.6 Å². The summed E-state index contributed by atoms with van der Waals surface area (Å²) in [5, 5.41) is 2.81. The van der Waals surface area contributed by atoms with Gasteiger partial charge in [-0.05, 0) is 6.07 Å². The van der Waals surface area contributed by atoms with Gasteiger partial charge in [-0.1, -0.05) is 18.2 Å². The standard InChI is InChI=1S/C15H14F4N2O2/c1-20-11-5-2-4-9(14(16)17)10(11)8-22-12-6-3-7-13(21-12)23-15(18)19/h2-7,14-15,20H,8H2,1H3. The minimum atomic E-state index is -3.01. The van der Waals surface area contributed by atoms with Gasteiger partial charge in [0, 0.05) is 36.0 Å². The molecule has 0 aliphatic rings. The number of alkyl halides is 4. The average Bonchev–Trinajstić information content (AvgIpc) is 2.52. The normalized spacial score (nSPS) is 10.9. The van der Waals surface area contributed by atoms with Crippen molar-refractivity contribution < 1.29 is 27.0 Å². The topological polar surface area (TPSA) is 43.4 Å². The van der Waals surface area contributed by atoms with Gasteiger partial charge in [0.1, 0.15) is 6.61 Å². The van der Waals surface area contributed by atoms with Crippen LogP contribution in [0.15, 0.2) is 36.4 Å². The predicted octanol–water partition coefficient (Wildman–Crippen LogP) is 4.24. The smallest absolute Gasteiger partial charge is 0.388 e. The first kappa shape index (κ1) is 16.9. The number of hydrogen-bond acceptors (Lipinski definition) is 4. The van der Waals surface area contributed by atoms with Gasteiger partial charge in [0.2, 0.25) is 11.8 Å². The molecule has 23 heavy (non-hydrogen) atoms. The van der Waals surface area contributed by atoms with E-state index in [-0.39, 0.29) is 29.5 Å². The Morgan fingerprint density at radius 2 is 1.74 bits per heavy atom. The van der Waals surface area contributed by atoms with Crippen LogP contribution in [-0.2, 0) is 6.61 Å². The first-order valence-electron chi connectivity index (χ1n) is 6.63. The molecule has 0 spiro atoms. The Bertz CT molecular complexity index is 653. The number of halogens is 4. The Labute approximate surface area is 130 Å². The fraction of sp³-hybridized carbons (Fsp3) is 0.267. The number of ether oxygens (including phenoxy) is 2. The highest BCUT2D eigenvalue weighted by Gasteiger charge is 2.16. The molecule has 2 rings (SSSR count). The zero-order chi connectivity index (χ0) is 16.8. The molecule has 0 saturated heterocycles. The summed E-state index contributed by atoms with van der Waals surface area (Å²) >= 11 is 0. The van der Waals surface area contributed by atoms with Crippen molar-refractivity contribution in [2.24, 2.45) is 0 Å². The Balaban J connectivity index is 2.17. The van der Waals surface area contributed by atoms with Gasteiger partial charge in [0.25, 0.3) is 6.43 Å². The molecule has 0 amide bonds. The molecule has 0 atom stereocenters. The van der Waals surface area contributed by atoms with Crippen molar-refractivity contribution in [3.63, 3.8) is 0 Å². The summed E-state index contributed by atoms with van der Waals surface area (Å²) in [5.41, 5.74) is 0.589. The SMILES string of the molecule is CNc1cccc(C(F)F)c1COc1cccc(OC(F)F)n1. The molecule has 0 radical (unpaired) electrons. The second-order valence-electron chi connectivity index (χ2n) is 4.41. The van der Waals surface area contributed by atoms with Crippen LogP contribution >= 0.6 is 0 Å². The lowest BCUT2D eigenvalue weighted by Gasteiger charge is -2.15. The van der Waals surface area contributed by atoms with Crippen molar-refractivity contribution in [3.8, 4) is 11.8 Å². The number of nitrogens with one attached hydrogen (secondary N) is 1. The van der Waals surface area contributed by atoms with E-state index < -0.39 is 13.0 Å². The summed E-state index contributed by atoms with van der Waals surface area (Å²) in [6.45, 7) is -3.20. The van der Waals surface area contributed by atoms with E-state index in [1.54, 1.807) is 13.1 Å². The maximum atomic E-state index is 13.1. The van der Waals surface area contributed by atoms with Crippen molar-refractivity contribution >= 4 is 5.69 Å². The molecule has 4 nitrogen and oxygen atoms in total. The van der Waals surface area contributed by atoms with Gasteiger partial charge < -0.3 is 14.8 Å². The van der Waals surface area contributed by atoms with Crippen LogP contribution in [0.4, 0.5) is 23.2 Å². The Kier molecular flexibility index (Phi) is 5.61. The summed E-state index contributed by atoms with van der Waals surface area (Å²) in [6, 6.07) is 8.51. The summed E-state index contributed by atoms with van der Waals surface area (Å²) in [6.07, 6.45) is -2.66. The van der Waals surface area contributed by atoms with Crippen LogP contribution in [-0.4, -0.2) is 18.6 Å². The average molecular weight is 330 g/mol. The lowest BCUT2D eigenvalue weighted by molar-refractivity contribution is -0.0531. The van der Waals surface area contributed by atoms with Gasteiger partial charge in [0.05, 0.1) is 0 Å². The molecule has 1 aromatic carbocycles. The van der Waals surface area contributed by atoms with Crippen LogP contribution in [0.25, 0.3) is 0 Å². The van der Waals surface area contributed by atoms with Crippen LogP contribution in [0.3, 0.4) is 0 Å². The number of pyridine rings is 1. The first-order chi connectivity index (χ1) is 11.0. The molecule has 2 aromatic rings. The van der Waals surface area contributed by atoms with E-state index in [1.165, 1.54) is 30.3 Å². The quantitative estimate of drug-likeness (QED) is 0.771. The number of benzene rings is 1. The van der Waals surface area contributed by atoms with Gasteiger partial charge in [-0.3, -0.25) is 0 Å². The molecular formula is C15H14F4N2O2. The fourth-order valence-electron chi connectivity index (χ4n) is 1.98. The molecule has 0 aliphatic heterocycles. The molecule has 8 heteroatoms. The van der Waals surface area contributed by atoms with Gasteiger partial charge in [-0.15, -0.1) is 0 Å². The zero-order valence-corrected chi connectivity index (χ0v) is 12.1. The first-order valence-corrected chi connectivity index (χ1v) is 6.63. The predicted molar refractivity (Wildman–Crippen MR) is 76.1 cm³/mol. The maximum absolute atomic E-state index is 13.1. The molecule has 0 fully saturated rings. The molecule has 1 aromatic heterocycles. The van der Waals surface area contributed by atoms with Crippen molar-refractivity contribution in [1.82, 2.24) is 4.98 Å². The second kappa shape index (κ2) is 7.66. The molecule has 124 valence electrons.